The Morgan fingerprint density at radius 3 is 2.65 bits per heavy atom. The zero-order chi connectivity index (χ0) is 14.8. The zero-order valence-electron chi connectivity index (χ0n) is 13.6. The van der Waals surface area contributed by atoms with E-state index in [0.29, 0.717) is 12.0 Å². The summed E-state index contributed by atoms with van der Waals surface area (Å²) in [5.41, 5.74) is 1.34. The van der Waals surface area contributed by atoms with Crippen LogP contribution in [0.15, 0.2) is 24.3 Å². The van der Waals surface area contributed by atoms with Gasteiger partial charge in [-0.15, -0.1) is 0 Å². The van der Waals surface area contributed by atoms with Crippen molar-refractivity contribution >= 4 is 0 Å². The average molecular weight is 277 g/mol. The largest absolute Gasteiger partial charge is 0.492 e. The number of hydrogen-bond donors (Lipinski definition) is 1. The van der Waals surface area contributed by atoms with Crippen molar-refractivity contribution in [2.75, 3.05) is 13.2 Å². The summed E-state index contributed by atoms with van der Waals surface area (Å²) in [6.07, 6.45) is 5.21. The van der Waals surface area contributed by atoms with Gasteiger partial charge in [0.05, 0.1) is 0 Å². The fourth-order valence-corrected chi connectivity index (χ4v) is 2.24. The molecular weight excluding hydrogens is 246 g/mol. The molecule has 1 aromatic carbocycles. The molecule has 0 amide bonds. The molecule has 1 rings (SSSR count). The van der Waals surface area contributed by atoms with Gasteiger partial charge >= 0.3 is 0 Å². The smallest absolute Gasteiger partial charge is 0.119 e. The lowest BCUT2D eigenvalue weighted by Gasteiger charge is -2.14. The molecule has 20 heavy (non-hydrogen) atoms. The molecule has 0 saturated carbocycles. The molecule has 0 bridgehead atoms. The van der Waals surface area contributed by atoms with Gasteiger partial charge in [-0.2, -0.15) is 0 Å². The lowest BCUT2D eigenvalue weighted by molar-refractivity contribution is 0.304. The number of nitrogens with one attached hydrogen (secondary N) is 1. The van der Waals surface area contributed by atoms with Crippen molar-refractivity contribution < 1.29 is 4.74 Å². The molecule has 0 spiro atoms. The van der Waals surface area contributed by atoms with E-state index in [-0.39, 0.29) is 0 Å². The highest BCUT2D eigenvalue weighted by Gasteiger charge is 2.02. The van der Waals surface area contributed by atoms with Crippen molar-refractivity contribution in [1.82, 2.24) is 5.32 Å². The number of rotatable bonds is 10. The van der Waals surface area contributed by atoms with Gasteiger partial charge < -0.3 is 10.1 Å². The first-order valence-corrected chi connectivity index (χ1v) is 8.09. The van der Waals surface area contributed by atoms with E-state index in [1.54, 1.807) is 0 Å². The third-order valence-corrected chi connectivity index (χ3v) is 3.63. The third kappa shape index (κ3) is 6.95. The van der Waals surface area contributed by atoms with Crippen LogP contribution in [0, 0.1) is 0 Å². The van der Waals surface area contributed by atoms with Crippen molar-refractivity contribution in [2.24, 2.45) is 0 Å². The number of benzene rings is 1. The fraction of sp³-hybridized carbons (Fsp3) is 0.667. The second-order valence-corrected chi connectivity index (χ2v) is 5.93. The van der Waals surface area contributed by atoms with Gasteiger partial charge in [0.2, 0.25) is 0 Å². The predicted octanol–water partition coefficient (Wildman–Crippen LogP) is 4.75. The zero-order valence-corrected chi connectivity index (χ0v) is 13.6. The lowest BCUT2D eigenvalue weighted by atomic mass is 10.0. The van der Waals surface area contributed by atoms with E-state index in [2.05, 4.69) is 51.2 Å². The predicted molar refractivity (Wildman–Crippen MR) is 87.6 cm³/mol. The van der Waals surface area contributed by atoms with Crippen LogP contribution in [0.3, 0.4) is 0 Å². The lowest BCUT2D eigenvalue weighted by Crippen LogP contribution is -2.30. The Bertz CT molecular complexity index is 362. The minimum atomic E-state index is 0.551. The SMILES string of the molecule is CCCCCC(C)NCCOc1cccc(C(C)C)c1. The monoisotopic (exact) mass is 277 g/mol. The van der Waals surface area contributed by atoms with Crippen LogP contribution in [0.2, 0.25) is 0 Å². The minimum Gasteiger partial charge on any atom is -0.492 e. The van der Waals surface area contributed by atoms with Gasteiger partial charge in [-0.05, 0) is 37.0 Å². The fourth-order valence-electron chi connectivity index (χ4n) is 2.24. The maximum absolute atomic E-state index is 5.81. The van der Waals surface area contributed by atoms with Crippen LogP contribution < -0.4 is 10.1 Å². The molecule has 2 nitrogen and oxygen atoms in total. The van der Waals surface area contributed by atoms with Gasteiger partial charge in [-0.1, -0.05) is 52.2 Å². The summed E-state index contributed by atoms with van der Waals surface area (Å²) in [6.45, 7) is 10.6. The standard InChI is InChI=1S/C18H31NO/c1-5-6-7-9-16(4)19-12-13-20-18-11-8-10-17(14-18)15(2)3/h8,10-11,14-16,19H,5-7,9,12-13H2,1-4H3. The Balaban J connectivity index is 2.19. The summed E-state index contributed by atoms with van der Waals surface area (Å²) >= 11 is 0. The number of unbranched alkanes of at least 4 members (excludes halogenated alkanes) is 2. The molecule has 1 unspecified atom stereocenters. The normalized spacial score (nSPS) is 12.7. The van der Waals surface area contributed by atoms with Crippen molar-refractivity contribution in [3.8, 4) is 5.75 Å². The maximum atomic E-state index is 5.81. The Morgan fingerprint density at radius 1 is 1.15 bits per heavy atom. The molecule has 2 heteroatoms. The van der Waals surface area contributed by atoms with E-state index in [0.717, 1.165) is 18.9 Å². The molecule has 0 aliphatic carbocycles. The second-order valence-electron chi connectivity index (χ2n) is 5.93. The molecule has 1 atom stereocenters. The van der Waals surface area contributed by atoms with Crippen LogP contribution in [-0.4, -0.2) is 19.2 Å². The van der Waals surface area contributed by atoms with Crippen molar-refractivity contribution in [3.63, 3.8) is 0 Å². The highest BCUT2D eigenvalue weighted by Crippen LogP contribution is 2.19. The molecule has 0 saturated heterocycles. The quantitative estimate of drug-likeness (QED) is 0.623. The van der Waals surface area contributed by atoms with Crippen molar-refractivity contribution in [3.05, 3.63) is 29.8 Å². The third-order valence-electron chi connectivity index (χ3n) is 3.63. The molecule has 0 aliphatic heterocycles. The summed E-state index contributed by atoms with van der Waals surface area (Å²) in [6, 6.07) is 9.01. The molecule has 114 valence electrons. The van der Waals surface area contributed by atoms with Crippen molar-refractivity contribution in [2.45, 2.75) is 65.3 Å². The van der Waals surface area contributed by atoms with Gasteiger partial charge in [0.25, 0.3) is 0 Å². The molecule has 1 N–H and O–H groups in total. The highest BCUT2D eigenvalue weighted by atomic mass is 16.5. The highest BCUT2D eigenvalue weighted by molar-refractivity contribution is 5.30. The minimum absolute atomic E-state index is 0.551. The topological polar surface area (TPSA) is 21.3 Å². The van der Waals surface area contributed by atoms with Crippen molar-refractivity contribution in [1.29, 1.82) is 0 Å². The van der Waals surface area contributed by atoms with E-state index in [4.69, 9.17) is 4.74 Å². The Kier molecular flexibility index (Phi) is 8.36. The van der Waals surface area contributed by atoms with Crippen LogP contribution in [0.5, 0.6) is 5.75 Å². The van der Waals surface area contributed by atoms with E-state index >= 15 is 0 Å². The van der Waals surface area contributed by atoms with Crippen LogP contribution in [0.25, 0.3) is 0 Å². The molecule has 0 aliphatic rings. The van der Waals surface area contributed by atoms with Crippen LogP contribution in [0.4, 0.5) is 0 Å². The number of ether oxygens (including phenoxy) is 1. The maximum Gasteiger partial charge on any atom is 0.119 e. The summed E-state index contributed by atoms with van der Waals surface area (Å²) in [7, 11) is 0. The van der Waals surface area contributed by atoms with Gasteiger partial charge in [0.15, 0.2) is 0 Å². The molecule has 0 aromatic heterocycles. The Hall–Kier alpha value is -1.02. The van der Waals surface area contributed by atoms with Crippen LogP contribution >= 0.6 is 0 Å². The van der Waals surface area contributed by atoms with Gasteiger partial charge in [-0.25, -0.2) is 0 Å². The molecular formula is C18H31NO. The summed E-state index contributed by atoms with van der Waals surface area (Å²) in [4.78, 5) is 0. The van der Waals surface area contributed by atoms with Crippen LogP contribution in [-0.2, 0) is 0 Å². The summed E-state index contributed by atoms with van der Waals surface area (Å²) in [5.74, 6) is 1.53. The molecule has 0 heterocycles. The average Bonchev–Trinajstić information content (AvgIpc) is 2.44. The summed E-state index contributed by atoms with van der Waals surface area (Å²) in [5, 5.41) is 3.52. The summed E-state index contributed by atoms with van der Waals surface area (Å²) < 4.78 is 5.81. The van der Waals surface area contributed by atoms with Crippen LogP contribution in [0.1, 0.15) is 64.9 Å². The second kappa shape index (κ2) is 9.82. The van der Waals surface area contributed by atoms with E-state index in [1.807, 2.05) is 6.07 Å². The first-order valence-electron chi connectivity index (χ1n) is 8.09. The Morgan fingerprint density at radius 2 is 1.95 bits per heavy atom. The van der Waals surface area contributed by atoms with Gasteiger partial charge in [0.1, 0.15) is 12.4 Å². The van der Waals surface area contributed by atoms with E-state index in [1.165, 1.54) is 31.2 Å². The van der Waals surface area contributed by atoms with Gasteiger partial charge in [-0.3, -0.25) is 0 Å². The number of hydrogen-bond acceptors (Lipinski definition) is 2. The van der Waals surface area contributed by atoms with Gasteiger partial charge in [0, 0.05) is 12.6 Å². The first kappa shape index (κ1) is 17.0. The molecule has 0 radical (unpaired) electrons. The van der Waals surface area contributed by atoms with E-state index in [9.17, 15) is 0 Å². The molecule has 0 fully saturated rings. The molecule has 1 aromatic rings. The van der Waals surface area contributed by atoms with E-state index < -0.39 is 0 Å². The Labute approximate surface area is 124 Å². The first-order chi connectivity index (χ1) is 9.63.